The molecular formula is C15H25NO2. The molecular weight excluding hydrogens is 226 g/mol. The molecule has 0 saturated heterocycles. The molecule has 1 atom stereocenters. The van der Waals surface area contributed by atoms with E-state index in [2.05, 4.69) is 37.4 Å². The van der Waals surface area contributed by atoms with Gasteiger partial charge in [-0.2, -0.15) is 0 Å². The number of rotatable bonds is 4. The van der Waals surface area contributed by atoms with Crippen molar-refractivity contribution in [1.82, 2.24) is 0 Å². The van der Waals surface area contributed by atoms with Crippen LogP contribution in [0.2, 0.25) is 0 Å². The number of aryl methyl sites for hydroxylation is 1. The molecule has 0 heterocycles. The molecule has 1 rings (SSSR count). The highest BCUT2D eigenvalue weighted by Crippen LogP contribution is 2.23. The maximum absolute atomic E-state index is 9.86. The minimum atomic E-state index is -0.994. The third-order valence-corrected chi connectivity index (χ3v) is 2.67. The van der Waals surface area contributed by atoms with Gasteiger partial charge in [0.05, 0.1) is 5.60 Å². The first-order valence-corrected chi connectivity index (χ1v) is 6.42. The van der Waals surface area contributed by atoms with E-state index in [0.29, 0.717) is 5.92 Å². The topological polar surface area (TPSA) is 41.5 Å². The Morgan fingerprint density at radius 1 is 1.22 bits per heavy atom. The predicted octanol–water partition coefficient (Wildman–Crippen LogP) is 3.62. The van der Waals surface area contributed by atoms with Gasteiger partial charge in [0.25, 0.3) is 0 Å². The molecule has 2 N–H and O–H groups in total. The summed E-state index contributed by atoms with van der Waals surface area (Å²) in [4.78, 5) is 0. The number of nitrogens with one attached hydrogen (secondary N) is 1. The fourth-order valence-electron chi connectivity index (χ4n) is 1.65. The zero-order valence-electron chi connectivity index (χ0n) is 12.2. The van der Waals surface area contributed by atoms with Crippen molar-refractivity contribution in [2.24, 2.45) is 0 Å². The van der Waals surface area contributed by atoms with Crippen molar-refractivity contribution in [2.45, 2.75) is 59.5 Å². The lowest BCUT2D eigenvalue weighted by Gasteiger charge is -2.25. The Bertz CT molecular complexity index is 394. The summed E-state index contributed by atoms with van der Waals surface area (Å²) < 4.78 is 5.44. The van der Waals surface area contributed by atoms with E-state index in [4.69, 9.17) is 4.74 Å². The molecule has 102 valence electrons. The highest BCUT2D eigenvalue weighted by atomic mass is 16.6. The summed E-state index contributed by atoms with van der Waals surface area (Å²) in [6.45, 7) is 12.0. The molecule has 0 amide bonds. The van der Waals surface area contributed by atoms with E-state index in [1.807, 2.05) is 27.7 Å². The highest BCUT2D eigenvalue weighted by Gasteiger charge is 2.17. The van der Waals surface area contributed by atoms with Crippen LogP contribution < -0.4 is 5.32 Å². The molecule has 3 nitrogen and oxygen atoms in total. The normalized spacial score (nSPS) is 13.8. The maximum Gasteiger partial charge on any atom is 0.235 e. The summed E-state index contributed by atoms with van der Waals surface area (Å²) in [6, 6.07) is 6.24. The molecule has 0 saturated carbocycles. The molecule has 0 aliphatic rings. The van der Waals surface area contributed by atoms with Crippen LogP contribution in [-0.4, -0.2) is 17.1 Å². The summed E-state index contributed by atoms with van der Waals surface area (Å²) in [5.74, 6) is 0.465. The number of hydrogen-bond donors (Lipinski definition) is 2. The van der Waals surface area contributed by atoms with Gasteiger partial charge >= 0.3 is 0 Å². The second-order valence-electron chi connectivity index (χ2n) is 5.96. The Hall–Kier alpha value is -1.06. The van der Waals surface area contributed by atoms with Crippen LogP contribution in [0, 0.1) is 6.92 Å². The average Bonchev–Trinajstić information content (AvgIpc) is 2.18. The molecule has 3 heteroatoms. The van der Waals surface area contributed by atoms with Crippen molar-refractivity contribution in [2.75, 3.05) is 5.32 Å². The van der Waals surface area contributed by atoms with Gasteiger partial charge in [0.1, 0.15) is 0 Å². The lowest BCUT2D eigenvalue weighted by Crippen LogP contribution is -2.32. The standard InChI is InChI=1S/C15H25NO2/c1-10(2)12-8-7-11(3)13(9-12)16-14(17)18-15(4,5)6/h7-10,14,16-17H,1-6H3. The van der Waals surface area contributed by atoms with Crippen molar-refractivity contribution >= 4 is 5.69 Å². The second kappa shape index (κ2) is 5.72. The van der Waals surface area contributed by atoms with Gasteiger partial charge in [-0.15, -0.1) is 0 Å². The van der Waals surface area contributed by atoms with Crippen LogP contribution >= 0.6 is 0 Å². The van der Waals surface area contributed by atoms with Crippen LogP contribution in [0.5, 0.6) is 0 Å². The number of aliphatic hydroxyl groups excluding tert-OH is 1. The lowest BCUT2D eigenvalue weighted by molar-refractivity contribution is -0.148. The largest absolute Gasteiger partial charge is 0.351 e. The van der Waals surface area contributed by atoms with Gasteiger partial charge in [-0.25, -0.2) is 0 Å². The van der Waals surface area contributed by atoms with Gasteiger partial charge in [-0.1, -0.05) is 26.0 Å². The van der Waals surface area contributed by atoms with Gasteiger partial charge in [0, 0.05) is 5.69 Å². The predicted molar refractivity (Wildman–Crippen MR) is 75.7 cm³/mol. The van der Waals surface area contributed by atoms with Crippen molar-refractivity contribution < 1.29 is 9.84 Å². The van der Waals surface area contributed by atoms with Crippen LogP contribution in [0.25, 0.3) is 0 Å². The van der Waals surface area contributed by atoms with Gasteiger partial charge in [-0.05, 0) is 50.8 Å². The van der Waals surface area contributed by atoms with Crippen LogP contribution in [0.4, 0.5) is 5.69 Å². The zero-order valence-corrected chi connectivity index (χ0v) is 12.2. The fourth-order valence-corrected chi connectivity index (χ4v) is 1.65. The number of anilines is 1. The summed E-state index contributed by atoms with van der Waals surface area (Å²) in [5, 5.41) is 12.9. The third kappa shape index (κ3) is 4.67. The molecule has 0 fully saturated rings. The van der Waals surface area contributed by atoms with E-state index in [9.17, 15) is 5.11 Å². The number of ether oxygens (including phenoxy) is 1. The van der Waals surface area contributed by atoms with E-state index in [1.54, 1.807) is 0 Å². The van der Waals surface area contributed by atoms with E-state index in [1.165, 1.54) is 5.56 Å². The van der Waals surface area contributed by atoms with Crippen LogP contribution in [-0.2, 0) is 4.74 Å². The summed E-state index contributed by atoms with van der Waals surface area (Å²) in [5.41, 5.74) is 2.87. The smallest absolute Gasteiger partial charge is 0.235 e. The van der Waals surface area contributed by atoms with Gasteiger partial charge in [0.2, 0.25) is 6.41 Å². The summed E-state index contributed by atoms with van der Waals surface area (Å²) >= 11 is 0. The first-order chi connectivity index (χ1) is 8.19. The molecule has 1 aromatic carbocycles. The van der Waals surface area contributed by atoms with Crippen LogP contribution in [0.15, 0.2) is 18.2 Å². The summed E-state index contributed by atoms with van der Waals surface area (Å²) in [7, 11) is 0. The molecule has 1 aromatic rings. The minimum absolute atomic E-state index is 0.379. The molecule has 1 unspecified atom stereocenters. The summed E-state index contributed by atoms with van der Waals surface area (Å²) in [6.07, 6.45) is -0.994. The van der Waals surface area contributed by atoms with Crippen molar-refractivity contribution in [3.63, 3.8) is 0 Å². The second-order valence-corrected chi connectivity index (χ2v) is 5.96. The maximum atomic E-state index is 9.86. The molecule has 0 aromatic heterocycles. The van der Waals surface area contributed by atoms with Gasteiger partial charge in [0.15, 0.2) is 0 Å². The minimum Gasteiger partial charge on any atom is -0.351 e. The van der Waals surface area contributed by atoms with Crippen LogP contribution in [0.3, 0.4) is 0 Å². The fraction of sp³-hybridized carbons (Fsp3) is 0.600. The first kappa shape index (κ1) is 15.0. The number of benzene rings is 1. The molecule has 18 heavy (non-hydrogen) atoms. The van der Waals surface area contributed by atoms with Gasteiger partial charge < -0.3 is 15.2 Å². The Morgan fingerprint density at radius 2 is 1.83 bits per heavy atom. The van der Waals surface area contributed by atoms with E-state index >= 15 is 0 Å². The van der Waals surface area contributed by atoms with Crippen LogP contribution in [0.1, 0.15) is 51.7 Å². The van der Waals surface area contributed by atoms with E-state index < -0.39 is 6.41 Å². The first-order valence-electron chi connectivity index (χ1n) is 6.42. The Morgan fingerprint density at radius 3 is 2.33 bits per heavy atom. The Balaban J connectivity index is 2.80. The SMILES string of the molecule is Cc1ccc(C(C)C)cc1NC(O)OC(C)(C)C. The van der Waals surface area contributed by atoms with Crippen molar-refractivity contribution in [1.29, 1.82) is 0 Å². The monoisotopic (exact) mass is 251 g/mol. The highest BCUT2D eigenvalue weighted by molar-refractivity contribution is 5.53. The van der Waals surface area contributed by atoms with E-state index in [0.717, 1.165) is 11.3 Å². The molecule has 0 radical (unpaired) electrons. The average molecular weight is 251 g/mol. The Labute approximate surface area is 110 Å². The van der Waals surface area contributed by atoms with Crippen molar-refractivity contribution in [3.05, 3.63) is 29.3 Å². The van der Waals surface area contributed by atoms with Gasteiger partial charge in [-0.3, -0.25) is 0 Å². The van der Waals surface area contributed by atoms with Crippen molar-refractivity contribution in [3.8, 4) is 0 Å². The molecule has 0 bridgehead atoms. The molecule has 0 aliphatic carbocycles. The van der Waals surface area contributed by atoms with E-state index in [-0.39, 0.29) is 5.60 Å². The molecule has 0 spiro atoms. The zero-order chi connectivity index (χ0) is 13.9. The quantitative estimate of drug-likeness (QED) is 0.803. The third-order valence-electron chi connectivity index (χ3n) is 2.67. The lowest BCUT2D eigenvalue weighted by atomic mass is 10.0. The Kier molecular flexibility index (Phi) is 4.77. The number of aliphatic hydroxyl groups is 1. The molecule has 0 aliphatic heterocycles. The number of hydrogen-bond acceptors (Lipinski definition) is 3.